The van der Waals surface area contributed by atoms with Crippen LogP contribution in [0.5, 0.6) is 5.75 Å². The van der Waals surface area contributed by atoms with Gasteiger partial charge in [-0.1, -0.05) is 24.6 Å². The van der Waals surface area contributed by atoms with Gasteiger partial charge in [-0.05, 0) is 43.1 Å². The molecule has 5 atom stereocenters. The van der Waals surface area contributed by atoms with E-state index in [2.05, 4.69) is 0 Å². The number of methoxy groups -OCH3 is 1. The number of ether oxygens (including phenoxy) is 1. The van der Waals surface area contributed by atoms with Gasteiger partial charge in [-0.2, -0.15) is 0 Å². The first-order valence-corrected chi connectivity index (χ1v) is 7.75. The summed E-state index contributed by atoms with van der Waals surface area (Å²) in [6.07, 6.45) is 4.79. The molecule has 0 radical (unpaired) electrons. The topological polar surface area (TPSA) is 55.5 Å². The standard InChI is InChI=1S/C17H25NO2/c1-20-16-5-3-2-4-13(16)15(10-18)17(19)14-9-11-6-7-12(14)8-11/h2-5,11-12,14-15,17,19H,6-10,18H2,1H3. The van der Waals surface area contributed by atoms with Gasteiger partial charge < -0.3 is 15.6 Å². The van der Waals surface area contributed by atoms with Crippen LogP contribution in [0.1, 0.15) is 37.2 Å². The van der Waals surface area contributed by atoms with E-state index in [1.807, 2.05) is 24.3 Å². The molecule has 20 heavy (non-hydrogen) atoms. The average molecular weight is 275 g/mol. The van der Waals surface area contributed by atoms with Crippen molar-refractivity contribution in [1.29, 1.82) is 0 Å². The average Bonchev–Trinajstić information content (AvgIpc) is 3.11. The zero-order valence-corrected chi connectivity index (χ0v) is 12.2. The second-order valence-electron chi connectivity index (χ2n) is 6.41. The summed E-state index contributed by atoms with van der Waals surface area (Å²) in [6.45, 7) is 0.468. The molecule has 0 amide bonds. The molecule has 0 aromatic heterocycles. The third kappa shape index (κ3) is 2.33. The first-order chi connectivity index (χ1) is 9.74. The number of aliphatic hydroxyl groups excluding tert-OH is 1. The molecule has 2 bridgehead atoms. The second kappa shape index (κ2) is 5.74. The highest BCUT2D eigenvalue weighted by molar-refractivity contribution is 5.37. The summed E-state index contributed by atoms with van der Waals surface area (Å²) in [5.41, 5.74) is 7.03. The van der Waals surface area contributed by atoms with E-state index in [-0.39, 0.29) is 12.0 Å². The quantitative estimate of drug-likeness (QED) is 0.868. The predicted octanol–water partition coefficient (Wildman–Crippen LogP) is 2.53. The van der Waals surface area contributed by atoms with E-state index in [1.165, 1.54) is 25.7 Å². The fourth-order valence-electron chi connectivity index (χ4n) is 4.43. The third-order valence-electron chi connectivity index (χ3n) is 5.44. The monoisotopic (exact) mass is 275 g/mol. The largest absolute Gasteiger partial charge is 0.496 e. The number of nitrogens with two attached hydrogens (primary N) is 1. The van der Waals surface area contributed by atoms with E-state index in [0.717, 1.165) is 17.2 Å². The lowest BCUT2D eigenvalue weighted by molar-refractivity contribution is 0.0525. The number of rotatable bonds is 5. The molecule has 2 fully saturated rings. The predicted molar refractivity (Wildman–Crippen MR) is 79.7 cm³/mol. The molecular weight excluding hydrogens is 250 g/mol. The molecule has 2 aliphatic carbocycles. The van der Waals surface area contributed by atoms with Crippen molar-refractivity contribution in [2.24, 2.45) is 23.5 Å². The molecule has 0 spiro atoms. The Labute approximate surface area is 121 Å². The highest BCUT2D eigenvalue weighted by atomic mass is 16.5. The molecule has 3 N–H and O–H groups in total. The van der Waals surface area contributed by atoms with Crippen LogP contribution in [0.2, 0.25) is 0 Å². The molecule has 0 heterocycles. The van der Waals surface area contributed by atoms with Crippen LogP contribution in [0.3, 0.4) is 0 Å². The van der Waals surface area contributed by atoms with Gasteiger partial charge in [0.25, 0.3) is 0 Å². The van der Waals surface area contributed by atoms with Crippen LogP contribution in [0.4, 0.5) is 0 Å². The van der Waals surface area contributed by atoms with E-state index in [9.17, 15) is 5.11 Å². The highest BCUT2D eigenvalue weighted by Crippen LogP contribution is 2.51. The molecule has 2 aliphatic rings. The molecule has 110 valence electrons. The van der Waals surface area contributed by atoms with Crippen molar-refractivity contribution in [3.05, 3.63) is 29.8 Å². The smallest absolute Gasteiger partial charge is 0.122 e. The van der Waals surface area contributed by atoms with E-state index in [4.69, 9.17) is 10.5 Å². The Morgan fingerprint density at radius 2 is 2.10 bits per heavy atom. The van der Waals surface area contributed by atoms with Crippen LogP contribution >= 0.6 is 0 Å². The number of benzene rings is 1. The number of para-hydroxylation sites is 1. The van der Waals surface area contributed by atoms with Crippen molar-refractivity contribution in [2.75, 3.05) is 13.7 Å². The summed E-state index contributed by atoms with van der Waals surface area (Å²) < 4.78 is 5.44. The van der Waals surface area contributed by atoms with Gasteiger partial charge in [0.15, 0.2) is 0 Å². The Kier molecular flexibility index (Phi) is 3.99. The zero-order valence-electron chi connectivity index (χ0n) is 12.2. The molecule has 0 aliphatic heterocycles. The maximum absolute atomic E-state index is 10.9. The van der Waals surface area contributed by atoms with Crippen molar-refractivity contribution in [3.8, 4) is 5.75 Å². The molecule has 0 saturated heterocycles. The van der Waals surface area contributed by atoms with Gasteiger partial charge in [0.05, 0.1) is 13.2 Å². The summed E-state index contributed by atoms with van der Waals surface area (Å²) >= 11 is 0. The van der Waals surface area contributed by atoms with Crippen LogP contribution in [0.25, 0.3) is 0 Å². The number of hydrogen-bond acceptors (Lipinski definition) is 3. The molecule has 3 nitrogen and oxygen atoms in total. The Morgan fingerprint density at radius 1 is 1.30 bits per heavy atom. The first-order valence-electron chi connectivity index (χ1n) is 7.75. The fraction of sp³-hybridized carbons (Fsp3) is 0.647. The molecule has 1 aromatic carbocycles. The number of fused-ring (bicyclic) bond motifs is 2. The Balaban J connectivity index is 1.82. The van der Waals surface area contributed by atoms with Crippen molar-refractivity contribution in [3.63, 3.8) is 0 Å². The van der Waals surface area contributed by atoms with E-state index in [0.29, 0.717) is 18.4 Å². The summed E-state index contributed by atoms with van der Waals surface area (Å²) in [7, 11) is 1.68. The van der Waals surface area contributed by atoms with Crippen molar-refractivity contribution in [2.45, 2.75) is 37.7 Å². The molecule has 5 unspecified atom stereocenters. The number of hydrogen-bond donors (Lipinski definition) is 2. The summed E-state index contributed by atoms with van der Waals surface area (Å²) in [4.78, 5) is 0. The van der Waals surface area contributed by atoms with Gasteiger partial charge in [0, 0.05) is 18.0 Å². The van der Waals surface area contributed by atoms with Crippen LogP contribution < -0.4 is 10.5 Å². The maximum Gasteiger partial charge on any atom is 0.122 e. The van der Waals surface area contributed by atoms with Crippen molar-refractivity contribution >= 4 is 0 Å². The molecule has 1 aromatic rings. The molecule has 3 rings (SSSR count). The van der Waals surface area contributed by atoms with Gasteiger partial charge >= 0.3 is 0 Å². The second-order valence-corrected chi connectivity index (χ2v) is 6.41. The zero-order chi connectivity index (χ0) is 14.1. The lowest BCUT2D eigenvalue weighted by Gasteiger charge is -2.32. The van der Waals surface area contributed by atoms with Crippen LogP contribution in [0.15, 0.2) is 24.3 Å². The normalized spacial score (nSPS) is 31.2. The maximum atomic E-state index is 10.9. The SMILES string of the molecule is COc1ccccc1C(CN)C(O)C1CC2CCC1C2. The lowest BCUT2D eigenvalue weighted by Crippen LogP contribution is -2.35. The minimum Gasteiger partial charge on any atom is -0.496 e. The van der Waals surface area contributed by atoms with E-state index in [1.54, 1.807) is 7.11 Å². The van der Waals surface area contributed by atoms with E-state index >= 15 is 0 Å². The molecule has 2 saturated carbocycles. The van der Waals surface area contributed by atoms with Gasteiger partial charge in [0.1, 0.15) is 5.75 Å². The Bertz CT molecular complexity index is 462. The van der Waals surface area contributed by atoms with Crippen molar-refractivity contribution in [1.82, 2.24) is 0 Å². The van der Waals surface area contributed by atoms with Gasteiger partial charge in [0.2, 0.25) is 0 Å². The first kappa shape index (κ1) is 13.9. The minimum atomic E-state index is -0.341. The summed E-state index contributed by atoms with van der Waals surface area (Å²) in [5.74, 6) is 2.79. The summed E-state index contributed by atoms with van der Waals surface area (Å²) in [5, 5.41) is 10.9. The van der Waals surface area contributed by atoms with Crippen LogP contribution in [0, 0.1) is 17.8 Å². The number of aliphatic hydroxyl groups is 1. The Morgan fingerprint density at radius 3 is 2.70 bits per heavy atom. The lowest BCUT2D eigenvalue weighted by atomic mass is 9.77. The van der Waals surface area contributed by atoms with Crippen LogP contribution in [-0.4, -0.2) is 24.9 Å². The Hall–Kier alpha value is -1.06. The van der Waals surface area contributed by atoms with Gasteiger partial charge in [-0.25, -0.2) is 0 Å². The molecular formula is C17H25NO2. The molecule has 3 heteroatoms. The highest BCUT2D eigenvalue weighted by Gasteiger charge is 2.44. The van der Waals surface area contributed by atoms with E-state index < -0.39 is 0 Å². The van der Waals surface area contributed by atoms with Gasteiger partial charge in [-0.3, -0.25) is 0 Å². The van der Waals surface area contributed by atoms with Gasteiger partial charge in [-0.15, -0.1) is 0 Å². The van der Waals surface area contributed by atoms with Crippen LogP contribution in [-0.2, 0) is 0 Å². The fourth-order valence-corrected chi connectivity index (χ4v) is 4.43. The van der Waals surface area contributed by atoms with Crippen molar-refractivity contribution < 1.29 is 9.84 Å². The summed E-state index contributed by atoms with van der Waals surface area (Å²) in [6, 6.07) is 7.94. The minimum absolute atomic E-state index is 0.0181. The third-order valence-corrected chi connectivity index (χ3v) is 5.44.